The van der Waals surface area contributed by atoms with Gasteiger partial charge in [0.05, 0.1) is 18.2 Å². The van der Waals surface area contributed by atoms with E-state index in [2.05, 4.69) is 197 Å². The number of nitrogens with one attached hydrogen (secondary N) is 4. The van der Waals surface area contributed by atoms with Gasteiger partial charge in [-0.1, -0.05) is 216 Å². The van der Waals surface area contributed by atoms with Crippen LogP contribution in [0.2, 0.25) is 20.1 Å². The van der Waals surface area contributed by atoms with Gasteiger partial charge in [-0.15, -0.1) is 0 Å². The number of halogens is 4. The van der Waals surface area contributed by atoms with Gasteiger partial charge in [0.15, 0.2) is 12.1 Å². The van der Waals surface area contributed by atoms with E-state index in [-0.39, 0.29) is 24.2 Å². The molecule has 64 heavy (non-hydrogen) atoms. The van der Waals surface area contributed by atoms with Crippen molar-refractivity contribution in [3.63, 3.8) is 0 Å². The first-order valence-electron chi connectivity index (χ1n) is 21.4. The van der Waals surface area contributed by atoms with E-state index in [4.69, 9.17) is 46.4 Å². The molecule has 4 N–H and O–H groups in total. The maximum Gasteiger partial charge on any atom is 0.272 e. The van der Waals surface area contributed by atoms with E-state index in [0.717, 1.165) is 33.5 Å². The fourth-order valence-corrected chi connectivity index (χ4v) is 9.81. The predicted octanol–water partition coefficient (Wildman–Crippen LogP) is 9.75. The molecule has 0 aromatic heterocycles. The van der Waals surface area contributed by atoms with Crippen molar-refractivity contribution < 1.29 is 4.99 Å². The van der Waals surface area contributed by atoms with Crippen molar-refractivity contribution in [2.24, 2.45) is 0 Å². The Morgan fingerprint density at radius 2 is 0.641 bits per heavy atom. The second kappa shape index (κ2) is 19.7. The van der Waals surface area contributed by atoms with E-state index in [1.807, 2.05) is 48.5 Å². The molecule has 1 saturated heterocycles. The standard InChI is InChI=1S/C31H28N4.C24H16BCl4/c1-5-13-22(14-6-1)28-29(23-15-7-2-8-16-23)33-26(32-28)21-27-34-30(24-17-9-3-10-18-24)31(35-27)25-19-11-4-12-20-25;26-21-9-1-17(2-10-21)25(18-3-11-22(27)12-4-18,19-5-13-23(28)14-6-19)20-7-15-24(29)16-8-20/h1-21,28-33H,(H,34,35);1-16H/q;-1/p+1/t28-,29-,30-,31-;/m1./s1. The third kappa shape index (κ3) is 9.36. The van der Waals surface area contributed by atoms with Crippen molar-refractivity contribution in [1.29, 1.82) is 0 Å². The summed E-state index contributed by atoms with van der Waals surface area (Å²) in [5.74, 6) is 2.01. The lowest BCUT2D eigenvalue weighted by Gasteiger charge is -2.44. The lowest BCUT2D eigenvalue weighted by Crippen LogP contribution is -2.74. The molecule has 0 unspecified atom stereocenters. The Morgan fingerprint density at radius 3 is 0.969 bits per heavy atom. The van der Waals surface area contributed by atoms with Gasteiger partial charge in [-0.3, -0.25) is 10.3 Å². The quantitative estimate of drug-likeness (QED) is 0.109. The zero-order valence-corrected chi connectivity index (χ0v) is 37.8. The predicted molar refractivity (Wildman–Crippen MR) is 270 cm³/mol. The van der Waals surface area contributed by atoms with Gasteiger partial charge in [-0.25, -0.2) is 0 Å². The van der Waals surface area contributed by atoms with Crippen LogP contribution < -0.4 is 42.8 Å². The molecule has 0 radical (unpaired) electrons. The minimum absolute atomic E-state index is 0.140. The zero-order valence-electron chi connectivity index (χ0n) is 34.8. The van der Waals surface area contributed by atoms with Gasteiger partial charge in [0.2, 0.25) is 0 Å². The fourth-order valence-electron chi connectivity index (χ4n) is 9.30. The Kier molecular flexibility index (Phi) is 13.2. The van der Waals surface area contributed by atoms with E-state index >= 15 is 0 Å². The summed E-state index contributed by atoms with van der Waals surface area (Å²) in [6.07, 6.45) is 0.657. The van der Waals surface area contributed by atoms with Crippen molar-refractivity contribution in [1.82, 2.24) is 16.0 Å². The average molecular weight is 915 g/mol. The SMILES string of the molecule is C(=C1N[C@H](c2ccccc2)[C@@H](c2ccccc2)N1)C1=[NH+][C@H](c2ccccc2)[C@@H](c2ccccc2)N1.Clc1ccc([B-](c2ccc(Cl)cc2)(c2ccc(Cl)cc2)c2ccc(Cl)cc2)cc1. The molecule has 4 nitrogen and oxygen atoms in total. The van der Waals surface area contributed by atoms with Crippen LogP contribution in [-0.4, -0.2) is 12.0 Å². The third-order valence-corrected chi connectivity index (χ3v) is 13.3. The number of rotatable bonds is 9. The Labute approximate surface area is 395 Å². The first-order valence-corrected chi connectivity index (χ1v) is 22.9. The van der Waals surface area contributed by atoms with E-state index in [1.165, 1.54) is 22.3 Å². The van der Waals surface area contributed by atoms with Gasteiger partial charge < -0.3 is 10.6 Å². The zero-order chi connectivity index (χ0) is 43.9. The number of benzene rings is 8. The van der Waals surface area contributed by atoms with Crippen LogP contribution in [0.15, 0.2) is 230 Å². The van der Waals surface area contributed by atoms with Crippen molar-refractivity contribution >= 4 is 80.2 Å². The maximum absolute atomic E-state index is 6.22. The van der Waals surface area contributed by atoms with Crippen molar-refractivity contribution in [2.45, 2.75) is 24.2 Å². The van der Waals surface area contributed by atoms with Crippen LogP contribution in [0.1, 0.15) is 46.4 Å². The topological polar surface area (TPSA) is 50.1 Å². The molecule has 8 aromatic carbocycles. The van der Waals surface area contributed by atoms with Gasteiger partial charge in [-0.05, 0) is 59.7 Å². The molecular formula is C55H45BCl4N4. The average Bonchev–Trinajstić information content (AvgIpc) is 3.98. The summed E-state index contributed by atoms with van der Waals surface area (Å²) < 4.78 is 0. The Bertz CT molecular complexity index is 2590. The van der Waals surface area contributed by atoms with Crippen molar-refractivity contribution in [2.75, 3.05) is 0 Å². The summed E-state index contributed by atoms with van der Waals surface area (Å²) in [6, 6.07) is 75.2. The van der Waals surface area contributed by atoms with Crippen LogP contribution in [0.3, 0.4) is 0 Å². The van der Waals surface area contributed by atoms with Crippen LogP contribution in [0.5, 0.6) is 0 Å². The molecule has 10 rings (SSSR count). The van der Waals surface area contributed by atoms with E-state index < -0.39 is 6.15 Å². The van der Waals surface area contributed by atoms with Crippen LogP contribution >= 0.6 is 46.4 Å². The molecule has 4 atom stereocenters. The monoisotopic (exact) mass is 912 g/mol. The summed E-state index contributed by atoms with van der Waals surface area (Å²) in [5, 5.41) is 14.0. The summed E-state index contributed by atoms with van der Waals surface area (Å²) >= 11 is 24.9. The number of hydrogen-bond acceptors (Lipinski definition) is 3. The molecule has 0 bridgehead atoms. The smallest absolute Gasteiger partial charge is 0.272 e. The van der Waals surface area contributed by atoms with Crippen LogP contribution in [0.25, 0.3) is 0 Å². The summed E-state index contributed by atoms with van der Waals surface area (Å²) in [6.45, 7) is 0. The van der Waals surface area contributed by atoms with Crippen LogP contribution in [0, 0.1) is 0 Å². The lowest BCUT2D eigenvalue weighted by molar-refractivity contribution is -0.502. The van der Waals surface area contributed by atoms with Crippen molar-refractivity contribution in [3.05, 3.63) is 273 Å². The molecule has 316 valence electrons. The molecule has 2 aliphatic rings. The Hall–Kier alpha value is -6.21. The van der Waals surface area contributed by atoms with Crippen LogP contribution in [0.4, 0.5) is 0 Å². The third-order valence-electron chi connectivity index (χ3n) is 12.3. The maximum atomic E-state index is 6.22. The molecular weight excluding hydrogens is 869 g/mol. The minimum Gasteiger partial charge on any atom is -0.362 e. The summed E-state index contributed by atoms with van der Waals surface area (Å²) in [5.41, 5.74) is 9.61. The number of hydrogen-bond donors (Lipinski definition) is 4. The van der Waals surface area contributed by atoms with E-state index in [0.29, 0.717) is 20.1 Å². The largest absolute Gasteiger partial charge is 0.362 e. The summed E-state index contributed by atoms with van der Waals surface area (Å²) in [4.78, 5) is 3.74. The lowest BCUT2D eigenvalue weighted by atomic mass is 9.13. The minimum atomic E-state index is -1.51. The molecule has 0 saturated carbocycles. The Balaban J connectivity index is 0.000000165. The first kappa shape index (κ1) is 43.1. The molecule has 0 amide bonds. The van der Waals surface area contributed by atoms with E-state index in [9.17, 15) is 0 Å². The number of amidine groups is 1. The van der Waals surface area contributed by atoms with Gasteiger partial charge >= 0.3 is 0 Å². The van der Waals surface area contributed by atoms with Gasteiger partial charge in [0, 0.05) is 31.2 Å². The van der Waals surface area contributed by atoms with E-state index in [1.54, 1.807) is 0 Å². The normalized spacial score (nSPS) is 17.8. The highest BCUT2D eigenvalue weighted by atomic mass is 35.5. The van der Waals surface area contributed by atoms with Gasteiger partial charge in [0.1, 0.15) is 12.0 Å². The highest BCUT2D eigenvalue weighted by Gasteiger charge is 2.38. The molecule has 8 aromatic rings. The molecule has 2 heterocycles. The second-order valence-electron chi connectivity index (χ2n) is 16.2. The highest BCUT2D eigenvalue weighted by Crippen LogP contribution is 2.35. The van der Waals surface area contributed by atoms with Gasteiger partial charge in [0.25, 0.3) is 5.84 Å². The van der Waals surface area contributed by atoms with Crippen LogP contribution in [-0.2, 0) is 0 Å². The second-order valence-corrected chi connectivity index (χ2v) is 17.9. The van der Waals surface area contributed by atoms with Gasteiger partial charge in [-0.2, -0.15) is 21.9 Å². The Morgan fingerprint density at radius 1 is 0.344 bits per heavy atom. The molecule has 1 fully saturated rings. The fraction of sp³-hybridized carbons (Fsp3) is 0.0727. The molecule has 9 heteroatoms. The molecule has 0 spiro atoms. The highest BCUT2D eigenvalue weighted by molar-refractivity contribution is 7.19. The summed E-state index contributed by atoms with van der Waals surface area (Å²) in [7, 11) is 0. The first-order chi connectivity index (χ1) is 31.3. The molecule has 2 aliphatic heterocycles. The van der Waals surface area contributed by atoms with Crippen molar-refractivity contribution in [3.8, 4) is 0 Å². The molecule has 0 aliphatic carbocycles.